The maximum Gasteiger partial charge on any atom is 0.193 e. The van der Waals surface area contributed by atoms with Crippen molar-refractivity contribution in [2.24, 2.45) is 10.9 Å². The van der Waals surface area contributed by atoms with Crippen molar-refractivity contribution in [1.82, 2.24) is 15.1 Å². The summed E-state index contributed by atoms with van der Waals surface area (Å²) in [6.07, 6.45) is 3.05. The molecule has 1 aliphatic heterocycles. The highest BCUT2D eigenvalue weighted by Gasteiger charge is 2.25. The fourth-order valence-electron chi connectivity index (χ4n) is 3.61. The second kappa shape index (κ2) is 11.2. The lowest BCUT2D eigenvalue weighted by molar-refractivity contribution is 0.255. The van der Waals surface area contributed by atoms with Crippen LogP contribution in [0.25, 0.3) is 0 Å². The number of hydrogen-bond acceptors (Lipinski definition) is 2. The van der Waals surface area contributed by atoms with E-state index in [4.69, 9.17) is 4.99 Å². The first kappa shape index (κ1) is 20.7. The van der Waals surface area contributed by atoms with Gasteiger partial charge >= 0.3 is 0 Å². The highest BCUT2D eigenvalue weighted by molar-refractivity contribution is 5.80. The van der Waals surface area contributed by atoms with Gasteiger partial charge in [-0.25, -0.2) is 4.39 Å². The molecule has 2 rings (SSSR count). The number of halogens is 1. The van der Waals surface area contributed by atoms with Crippen LogP contribution in [0.1, 0.15) is 39.2 Å². The highest BCUT2D eigenvalue weighted by atomic mass is 19.1. The van der Waals surface area contributed by atoms with E-state index in [1.807, 2.05) is 6.07 Å². The number of likely N-dealkylation sites (tertiary alicyclic amines) is 1. The molecule has 1 atom stereocenters. The van der Waals surface area contributed by atoms with Crippen molar-refractivity contribution in [3.8, 4) is 0 Å². The zero-order valence-electron chi connectivity index (χ0n) is 16.7. The zero-order valence-corrected chi connectivity index (χ0v) is 16.7. The Labute approximate surface area is 158 Å². The van der Waals surface area contributed by atoms with Gasteiger partial charge < -0.3 is 15.1 Å². The molecule has 0 aromatic heterocycles. The summed E-state index contributed by atoms with van der Waals surface area (Å²) in [5.74, 6) is 1.61. The Morgan fingerprint density at radius 1 is 1.31 bits per heavy atom. The molecule has 4 nitrogen and oxygen atoms in total. The van der Waals surface area contributed by atoms with Gasteiger partial charge in [-0.2, -0.15) is 0 Å². The van der Waals surface area contributed by atoms with E-state index in [2.05, 4.69) is 35.9 Å². The molecule has 5 heteroatoms. The fourth-order valence-corrected chi connectivity index (χ4v) is 3.61. The fraction of sp³-hybridized carbons (Fsp3) is 0.667. The molecule has 26 heavy (non-hydrogen) atoms. The van der Waals surface area contributed by atoms with Crippen molar-refractivity contribution >= 4 is 5.96 Å². The standard InChI is InChI=1S/C21H35FN4/c1-4-23-21(24-13-8-10-18-9-7-11-20(22)15-18)26-14-12-19(17-26)16-25(5-2)6-3/h7,9,11,15,19H,4-6,8,10,12-14,16-17H2,1-3H3,(H,23,24). The van der Waals surface area contributed by atoms with Crippen molar-refractivity contribution in [2.75, 3.05) is 45.8 Å². The van der Waals surface area contributed by atoms with E-state index in [0.29, 0.717) is 0 Å². The lowest BCUT2D eigenvalue weighted by Crippen LogP contribution is -2.41. The predicted molar refractivity (Wildman–Crippen MR) is 108 cm³/mol. The number of guanidine groups is 1. The van der Waals surface area contributed by atoms with Crippen LogP contribution in [-0.2, 0) is 6.42 Å². The van der Waals surface area contributed by atoms with Crippen molar-refractivity contribution in [3.05, 3.63) is 35.6 Å². The Balaban J connectivity index is 1.82. The van der Waals surface area contributed by atoms with Gasteiger partial charge in [0.05, 0.1) is 0 Å². The molecule has 0 radical (unpaired) electrons. The summed E-state index contributed by atoms with van der Waals surface area (Å²) in [4.78, 5) is 9.72. The van der Waals surface area contributed by atoms with Crippen molar-refractivity contribution < 1.29 is 4.39 Å². The maximum absolute atomic E-state index is 13.2. The molecular formula is C21H35FN4. The zero-order chi connectivity index (χ0) is 18.8. The Morgan fingerprint density at radius 3 is 2.81 bits per heavy atom. The smallest absolute Gasteiger partial charge is 0.193 e. The van der Waals surface area contributed by atoms with Gasteiger partial charge in [0.2, 0.25) is 0 Å². The summed E-state index contributed by atoms with van der Waals surface area (Å²) in [6.45, 7) is 13.9. The molecule has 1 saturated heterocycles. The molecule has 1 heterocycles. The number of aryl methyl sites for hydroxylation is 1. The van der Waals surface area contributed by atoms with Crippen molar-refractivity contribution in [1.29, 1.82) is 0 Å². The molecule has 0 amide bonds. The van der Waals surface area contributed by atoms with E-state index >= 15 is 0 Å². The van der Waals surface area contributed by atoms with Crippen LogP contribution in [0.4, 0.5) is 4.39 Å². The molecule has 1 N–H and O–H groups in total. The third-order valence-electron chi connectivity index (χ3n) is 5.11. The van der Waals surface area contributed by atoms with Crippen LogP contribution < -0.4 is 5.32 Å². The Kier molecular flexibility index (Phi) is 8.89. The lowest BCUT2D eigenvalue weighted by Gasteiger charge is -2.24. The third kappa shape index (κ3) is 6.60. The summed E-state index contributed by atoms with van der Waals surface area (Å²) in [6, 6.07) is 6.87. The predicted octanol–water partition coefficient (Wildman–Crippen LogP) is 3.39. The number of benzene rings is 1. The quantitative estimate of drug-likeness (QED) is 0.415. The maximum atomic E-state index is 13.2. The highest BCUT2D eigenvalue weighted by Crippen LogP contribution is 2.17. The molecule has 0 bridgehead atoms. The number of nitrogens with one attached hydrogen (secondary N) is 1. The topological polar surface area (TPSA) is 30.9 Å². The molecule has 1 aromatic rings. The molecule has 1 unspecified atom stereocenters. The van der Waals surface area contributed by atoms with E-state index in [1.165, 1.54) is 19.0 Å². The van der Waals surface area contributed by atoms with Gasteiger partial charge in [0.25, 0.3) is 0 Å². The minimum absolute atomic E-state index is 0.157. The van der Waals surface area contributed by atoms with Crippen LogP contribution in [0.2, 0.25) is 0 Å². The molecule has 1 fully saturated rings. The van der Waals surface area contributed by atoms with E-state index in [9.17, 15) is 4.39 Å². The second-order valence-electron chi connectivity index (χ2n) is 7.06. The molecule has 0 saturated carbocycles. The number of hydrogen-bond donors (Lipinski definition) is 1. The Hall–Kier alpha value is -1.62. The van der Waals surface area contributed by atoms with Gasteiger partial charge in [0, 0.05) is 32.7 Å². The third-order valence-corrected chi connectivity index (χ3v) is 5.11. The van der Waals surface area contributed by atoms with Crippen molar-refractivity contribution in [3.63, 3.8) is 0 Å². The molecule has 0 spiro atoms. The largest absolute Gasteiger partial charge is 0.357 e. The minimum atomic E-state index is -0.157. The van der Waals surface area contributed by atoms with Gasteiger partial charge in [0.1, 0.15) is 5.82 Å². The average molecular weight is 363 g/mol. The summed E-state index contributed by atoms with van der Waals surface area (Å²) < 4.78 is 13.2. The lowest BCUT2D eigenvalue weighted by atomic mass is 10.1. The van der Waals surface area contributed by atoms with Crippen LogP contribution in [-0.4, -0.2) is 61.6 Å². The normalized spacial score (nSPS) is 18.0. The van der Waals surface area contributed by atoms with Crippen LogP contribution in [0, 0.1) is 11.7 Å². The summed E-state index contributed by atoms with van der Waals surface area (Å²) >= 11 is 0. The van der Waals surface area contributed by atoms with Gasteiger partial charge in [-0.1, -0.05) is 26.0 Å². The number of rotatable bonds is 9. The molecule has 146 valence electrons. The second-order valence-corrected chi connectivity index (χ2v) is 7.06. The first-order valence-electron chi connectivity index (χ1n) is 10.2. The molecule has 1 aromatic carbocycles. The molecule has 0 aliphatic carbocycles. The van der Waals surface area contributed by atoms with Crippen molar-refractivity contribution in [2.45, 2.75) is 40.0 Å². The van der Waals surface area contributed by atoms with Gasteiger partial charge in [-0.3, -0.25) is 4.99 Å². The molecular weight excluding hydrogens is 327 g/mol. The number of nitrogens with zero attached hydrogens (tertiary/aromatic N) is 3. The van der Waals surface area contributed by atoms with Gasteiger partial charge in [0.15, 0.2) is 5.96 Å². The first-order valence-corrected chi connectivity index (χ1v) is 10.2. The van der Waals surface area contributed by atoms with E-state index in [1.54, 1.807) is 12.1 Å². The van der Waals surface area contributed by atoms with Crippen LogP contribution in [0.5, 0.6) is 0 Å². The van der Waals surface area contributed by atoms with Crippen LogP contribution in [0.3, 0.4) is 0 Å². The monoisotopic (exact) mass is 362 g/mol. The number of aliphatic imine (C=N–C) groups is 1. The van der Waals surface area contributed by atoms with E-state index in [0.717, 1.165) is 69.6 Å². The SMILES string of the molecule is CCNC(=NCCCc1cccc(F)c1)N1CCC(CN(CC)CC)C1. The van der Waals surface area contributed by atoms with E-state index < -0.39 is 0 Å². The first-order chi connectivity index (χ1) is 12.7. The van der Waals surface area contributed by atoms with Crippen LogP contribution >= 0.6 is 0 Å². The summed E-state index contributed by atoms with van der Waals surface area (Å²) in [7, 11) is 0. The Morgan fingerprint density at radius 2 is 2.12 bits per heavy atom. The Bertz CT molecular complexity index is 557. The summed E-state index contributed by atoms with van der Waals surface area (Å²) in [5, 5.41) is 3.44. The minimum Gasteiger partial charge on any atom is -0.357 e. The summed E-state index contributed by atoms with van der Waals surface area (Å²) in [5.41, 5.74) is 1.05. The average Bonchev–Trinajstić information content (AvgIpc) is 3.11. The van der Waals surface area contributed by atoms with Crippen LogP contribution in [0.15, 0.2) is 29.3 Å². The van der Waals surface area contributed by atoms with Gasteiger partial charge in [-0.15, -0.1) is 0 Å². The molecule has 1 aliphatic rings. The van der Waals surface area contributed by atoms with Gasteiger partial charge in [-0.05, 0) is 62.9 Å². The van der Waals surface area contributed by atoms with E-state index in [-0.39, 0.29) is 5.82 Å².